The minimum Gasteiger partial charge on any atom is -0.741 e. The van der Waals surface area contributed by atoms with Crippen LogP contribution in [-0.4, -0.2) is 24.4 Å². The first kappa shape index (κ1) is 24.4. The molecular formula is C22H15ClF3NO5S. The number of ether oxygens (including phenoxy) is 1. The van der Waals surface area contributed by atoms with Crippen molar-refractivity contribution in [1.29, 1.82) is 0 Å². The molecule has 11 heteroatoms. The molecule has 33 heavy (non-hydrogen) atoms. The molecule has 0 N–H and O–H groups in total. The maximum Gasteiger partial charge on any atom is 0.485 e. The number of fused-ring (bicyclic) bond motifs is 2. The van der Waals surface area contributed by atoms with Crippen molar-refractivity contribution in [2.75, 3.05) is 0 Å². The van der Waals surface area contributed by atoms with Gasteiger partial charge in [-0.05, 0) is 36.4 Å². The Balaban J connectivity index is 0.000000331. The highest BCUT2D eigenvalue weighted by molar-refractivity contribution is 7.86. The van der Waals surface area contributed by atoms with Crippen LogP contribution in [0.3, 0.4) is 0 Å². The molecule has 0 amide bonds. The number of para-hydroxylation sites is 2. The second kappa shape index (κ2) is 9.34. The van der Waals surface area contributed by atoms with Gasteiger partial charge in [-0.25, -0.2) is 13.2 Å². The minimum atomic E-state index is -6.09. The Morgan fingerprint density at radius 3 is 1.76 bits per heavy atom. The number of nitrogens with zero attached hydrogens (tertiary/aromatic N) is 1. The molecule has 0 atom stereocenters. The van der Waals surface area contributed by atoms with Crippen molar-refractivity contribution >= 4 is 49.5 Å². The lowest BCUT2D eigenvalue weighted by molar-refractivity contribution is -0.617. The van der Waals surface area contributed by atoms with Crippen LogP contribution < -0.4 is 9.30 Å². The quantitative estimate of drug-likeness (QED) is 0.0996. The van der Waals surface area contributed by atoms with Gasteiger partial charge in [0.15, 0.2) is 10.1 Å². The van der Waals surface area contributed by atoms with Crippen LogP contribution in [0.1, 0.15) is 10.4 Å². The summed E-state index contributed by atoms with van der Waals surface area (Å²) in [6, 6.07) is 22.4. The standard InChI is InChI=1S/C21H15ClNO2.CHF3O3S/c1-23-18-8-4-2-6-16(18)20(17-7-3-5-9-19(17)23)21(24)25-15-12-10-14(22)11-13-15;2-1(3,4)8(5,6)7/h2-13H,1H3;(H,5,6,7)/q+1;/p-1. The van der Waals surface area contributed by atoms with Crippen molar-refractivity contribution in [3.05, 3.63) is 83.4 Å². The highest BCUT2D eigenvalue weighted by atomic mass is 35.5. The molecule has 0 aliphatic carbocycles. The summed E-state index contributed by atoms with van der Waals surface area (Å²) in [5.74, 6) is 0.0890. The molecule has 0 spiro atoms. The Labute approximate surface area is 191 Å². The predicted molar refractivity (Wildman–Crippen MR) is 115 cm³/mol. The van der Waals surface area contributed by atoms with E-state index in [4.69, 9.17) is 29.3 Å². The van der Waals surface area contributed by atoms with Gasteiger partial charge in [0, 0.05) is 17.2 Å². The van der Waals surface area contributed by atoms with E-state index < -0.39 is 15.6 Å². The van der Waals surface area contributed by atoms with Crippen LogP contribution >= 0.6 is 11.6 Å². The van der Waals surface area contributed by atoms with Gasteiger partial charge in [-0.15, -0.1) is 0 Å². The van der Waals surface area contributed by atoms with E-state index in [1.807, 2.05) is 55.6 Å². The topological polar surface area (TPSA) is 87.4 Å². The Morgan fingerprint density at radius 1 is 0.909 bits per heavy atom. The van der Waals surface area contributed by atoms with E-state index in [2.05, 4.69) is 4.57 Å². The van der Waals surface area contributed by atoms with Gasteiger partial charge < -0.3 is 9.29 Å². The summed E-state index contributed by atoms with van der Waals surface area (Å²) >= 11 is 5.90. The van der Waals surface area contributed by atoms with Gasteiger partial charge in [0.1, 0.15) is 12.8 Å². The summed E-state index contributed by atoms with van der Waals surface area (Å²) in [6.07, 6.45) is 0. The fourth-order valence-electron chi connectivity index (χ4n) is 3.11. The van der Waals surface area contributed by atoms with Crippen molar-refractivity contribution in [2.45, 2.75) is 5.51 Å². The average molecular weight is 498 g/mol. The average Bonchev–Trinajstić information content (AvgIpc) is 2.75. The van der Waals surface area contributed by atoms with Crippen molar-refractivity contribution in [3.63, 3.8) is 0 Å². The number of alkyl halides is 3. The normalized spacial score (nSPS) is 11.7. The van der Waals surface area contributed by atoms with Crippen molar-refractivity contribution in [3.8, 4) is 5.75 Å². The van der Waals surface area contributed by atoms with Crippen molar-refractivity contribution < 1.29 is 40.2 Å². The number of rotatable bonds is 2. The second-order valence-corrected chi connectivity index (χ2v) is 8.52. The van der Waals surface area contributed by atoms with E-state index in [1.165, 1.54) is 0 Å². The number of carbonyl (C=O) groups excluding carboxylic acids is 1. The molecule has 0 unspecified atom stereocenters. The van der Waals surface area contributed by atoms with Crippen LogP contribution in [0.2, 0.25) is 5.02 Å². The molecule has 3 aromatic carbocycles. The maximum atomic E-state index is 13.0. The molecule has 1 aromatic heterocycles. The molecule has 0 aliphatic heterocycles. The molecule has 0 saturated carbocycles. The van der Waals surface area contributed by atoms with E-state index in [9.17, 15) is 18.0 Å². The molecule has 4 rings (SSSR count). The predicted octanol–water partition coefficient (Wildman–Crippen LogP) is 4.74. The number of hydrogen-bond donors (Lipinski definition) is 0. The first-order valence-electron chi connectivity index (χ1n) is 9.19. The van der Waals surface area contributed by atoms with E-state index in [1.54, 1.807) is 24.3 Å². The maximum absolute atomic E-state index is 13.0. The van der Waals surface area contributed by atoms with Crippen LogP contribution in [0.5, 0.6) is 5.75 Å². The third kappa shape index (κ3) is 5.41. The van der Waals surface area contributed by atoms with E-state index in [-0.39, 0.29) is 5.97 Å². The molecule has 172 valence electrons. The van der Waals surface area contributed by atoms with E-state index in [0.29, 0.717) is 16.3 Å². The number of hydrogen-bond acceptors (Lipinski definition) is 5. The third-order valence-corrected chi connectivity index (χ3v) is 5.40. The Hall–Kier alpha value is -3.21. The zero-order valence-corrected chi connectivity index (χ0v) is 18.4. The van der Waals surface area contributed by atoms with Gasteiger partial charge in [0.2, 0.25) is 11.0 Å². The number of aromatic nitrogens is 1. The van der Waals surface area contributed by atoms with Gasteiger partial charge in [-0.2, -0.15) is 17.7 Å². The van der Waals surface area contributed by atoms with E-state index >= 15 is 0 Å². The van der Waals surface area contributed by atoms with Crippen LogP contribution in [0.25, 0.3) is 21.8 Å². The Bertz CT molecular complexity index is 1380. The largest absolute Gasteiger partial charge is 0.741 e. The second-order valence-electron chi connectivity index (χ2n) is 6.71. The van der Waals surface area contributed by atoms with Gasteiger partial charge in [-0.1, -0.05) is 35.9 Å². The van der Waals surface area contributed by atoms with Gasteiger partial charge in [-0.3, -0.25) is 0 Å². The number of esters is 1. The van der Waals surface area contributed by atoms with E-state index in [0.717, 1.165) is 21.8 Å². The molecule has 6 nitrogen and oxygen atoms in total. The lowest BCUT2D eigenvalue weighted by Crippen LogP contribution is -2.31. The lowest BCUT2D eigenvalue weighted by atomic mass is 10.0. The summed E-state index contributed by atoms with van der Waals surface area (Å²) in [6.45, 7) is 0. The number of halogens is 4. The van der Waals surface area contributed by atoms with Gasteiger partial charge >= 0.3 is 11.5 Å². The summed E-state index contributed by atoms with van der Waals surface area (Å²) in [5, 5.41) is 2.33. The fourth-order valence-corrected chi connectivity index (χ4v) is 3.24. The zero-order chi connectivity index (χ0) is 24.4. The fraction of sp³-hybridized carbons (Fsp3) is 0.0909. The van der Waals surface area contributed by atoms with Crippen LogP contribution in [0.4, 0.5) is 13.2 Å². The molecule has 0 bridgehead atoms. The SMILES string of the molecule is C[n+]1c2ccccc2c(C(=O)Oc2ccc(Cl)cc2)c2ccccc21.O=S(=O)([O-])C(F)(F)F. The highest BCUT2D eigenvalue weighted by Gasteiger charge is 2.36. The van der Waals surface area contributed by atoms with Crippen molar-refractivity contribution in [2.24, 2.45) is 7.05 Å². The van der Waals surface area contributed by atoms with Crippen molar-refractivity contribution in [1.82, 2.24) is 0 Å². The molecule has 0 radical (unpaired) electrons. The number of carbonyl (C=O) groups is 1. The third-order valence-electron chi connectivity index (χ3n) is 4.58. The summed E-state index contributed by atoms with van der Waals surface area (Å²) in [5.41, 5.74) is -3.12. The highest BCUT2D eigenvalue weighted by Crippen LogP contribution is 2.26. The lowest BCUT2D eigenvalue weighted by Gasteiger charge is -2.10. The smallest absolute Gasteiger partial charge is 0.485 e. The van der Waals surface area contributed by atoms with Crippen LogP contribution in [0.15, 0.2) is 72.8 Å². The molecule has 4 aromatic rings. The summed E-state index contributed by atoms with van der Waals surface area (Å²) in [7, 11) is -4.09. The van der Waals surface area contributed by atoms with Gasteiger partial charge in [0.25, 0.3) is 0 Å². The monoisotopic (exact) mass is 497 g/mol. The van der Waals surface area contributed by atoms with Crippen LogP contribution in [0, 0.1) is 0 Å². The molecule has 0 saturated heterocycles. The summed E-state index contributed by atoms with van der Waals surface area (Å²) < 4.78 is 66.6. The van der Waals surface area contributed by atoms with Gasteiger partial charge in [0.05, 0.1) is 16.3 Å². The molecule has 0 fully saturated rings. The zero-order valence-electron chi connectivity index (χ0n) is 16.8. The molecular weight excluding hydrogens is 483 g/mol. The Kier molecular flexibility index (Phi) is 6.92. The number of benzene rings is 3. The number of pyridine rings is 1. The first-order valence-corrected chi connectivity index (χ1v) is 11.0. The Morgan fingerprint density at radius 2 is 1.33 bits per heavy atom. The molecule has 0 aliphatic rings. The minimum absolute atomic E-state index is 0.379. The molecule has 1 heterocycles. The number of aryl methyl sites for hydroxylation is 1. The summed E-state index contributed by atoms with van der Waals surface area (Å²) in [4.78, 5) is 13.0. The van der Waals surface area contributed by atoms with Crippen LogP contribution in [-0.2, 0) is 17.2 Å². The first-order chi connectivity index (χ1) is 15.4.